The van der Waals surface area contributed by atoms with Crippen molar-refractivity contribution in [2.75, 3.05) is 7.05 Å². The second-order valence-corrected chi connectivity index (χ2v) is 4.42. The predicted octanol–water partition coefficient (Wildman–Crippen LogP) is 2.93. The van der Waals surface area contributed by atoms with E-state index >= 15 is 0 Å². The Morgan fingerprint density at radius 2 is 2.08 bits per heavy atom. The van der Waals surface area contributed by atoms with Crippen molar-refractivity contribution in [2.24, 2.45) is 0 Å². The molecule has 0 spiro atoms. The van der Waals surface area contributed by atoms with Crippen LogP contribution in [0.4, 0.5) is 0 Å². The van der Waals surface area contributed by atoms with E-state index in [1.165, 1.54) is 20.5 Å². The van der Waals surface area contributed by atoms with Gasteiger partial charge in [0.05, 0.1) is 0 Å². The first-order valence-corrected chi connectivity index (χ1v) is 5.26. The zero-order chi connectivity index (χ0) is 9.26. The topological polar surface area (TPSA) is 12.0 Å². The van der Waals surface area contributed by atoms with Gasteiger partial charge in [-0.2, -0.15) is 0 Å². The number of rotatable bonds is 2. The summed E-state index contributed by atoms with van der Waals surface area (Å²) >= 11 is 1.88. The Hall–Kier alpha value is -0.860. The molecule has 2 aromatic rings. The standard InChI is InChI=1S/C11H13NS/c1-8-10(7-12-2)9-5-3-4-6-11(9)13-8/h3-6,12H,7H2,1-2H3. The molecule has 1 aromatic carbocycles. The number of benzene rings is 1. The summed E-state index contributed by atoms with van der Waals surface area (Å²) < 4.78 is 1.39. The third kappa shape index (κ3) is 1.47. The van der Waals surface area contributed by atoms with Gasteiger partial charge in [0.25, 0.3) is 0 Å². The van der Waals surface area contributed by atoms with Gasteiger partial charge in [-0.15, -0.1) is 11.3 Å². The van der Waals surface area contributed by atoms with Crippen LogP contribution in [0.25, 0.3) is 10.1 Å². The lowest BCUT2D eigenvalue weighted by Crippen LogP contribution is -2.05. The van der Waals surface area contributed by atoms with Gasteiger partial charge in [-0.25, -0.2) is 0 Å². The van der Waals surface area contributed by atoms with Gasteiger partial charge in [0.2, 0.25) is 0 Å². The van der Waals surface area contributed by atoms with Gasteiger partial charge in [0.1, 0.15) is 0 Å². The number of hydrogen-bond acceptors (Lipinski definition) is 2. The fraction of sp³-hybridized carbons (Fsp3) is 0.273. The molecule has 0 aliphatic heterocycles. The molecule has 2 heteroatoms. The minimum absolute atomic E-state index is 0.968. The maximum absolute atomic E-state index is 3.21. The van der Waals surface area contributed by atoms with E-state index in [4.69, 9.17) is 0 Å². The molecule has 0 aliphatic carbocycles. The lowest BCUT2D eigenvalue weighted by molar-refractivity contribution is 0.822. The highest BCUT2D eigenvalue weighted by Crippen LogP contribution is 2.30. The number of aryl methyl sites for hydroxylation is 1. The van der Waals surface area contributed by atoms with Gasteiger partial charge in [-0.05, 0) is 31.0 Å². The third-order valence-corrected chi connectivity index (χ3v) is 3.38. The molecule has 1 N–H and O–H groups in total. The molecule has 0 amide bonds. The minimum Gasteiger partial charge on any atom is -0.316 e. The fourth-order valence-electron chi connectivity index (χ4n) is 1.62. The molecule has 1 aromatic heterocycles. The van der Waals surface area contributed by atoms with Crippen molar-refractivity contribution < 1.29 is 0 Å². The van der Waals surface area contributed by atoms with E-state index in [0.717, 1.165) is 6.54 Å². The summed E-state index contributed by atoms with van der Waals surface area (Å²) in [5, 5.41) is 4.61. The van der Waals surface area contributed by atoms with Gasteiger partial charge >= 0.3 is 0 Å². The monoisotopic (exact) mass is 191 g/mol. The van der Waals surface area contributed by atoms with E-state index in [-0.39, 0.29) is 0 Å². The second kappa shape index (κ2) is 3.48. The summed E-state index contributed by atoms with van der Waals surface area (Å²) in [6.45, 7) is 3.16. The van der Waals surface area contributed by atoms with Crippen molar-refractivity contribution >= 4 is 21.4 Å². The van der Waals surface area contributed by atoms with Crippen LogP contribution < -0.4 is 5.32 Å². The summed E-state index contributed by atoms with van der Waals surface area (Å²) in [7, 11) is 1.99. The highest BCUT2D eigenvalue weighted by Gasteiger charge is 2.06. The van der Waals surface area contributed by atoms with Crippen LogP contribution in [0.3, 0.4) is 0 Å². The maximum Gasteiger partial charge on any atom is 0.0348 e. The maximum atomic E-state index is 3.21. The molecule has 0 unspecified atom stereocenters. The third-order valence-electron chi connectivity index (χ3n) is 2.25. The molecule has 0 fully saturated rings. The van der Waals surface area contributed by atoms with Crippen LogP contribution in [0.1, 0.15) is 10.4 Å². The van der Waals surface area contributed by atoms with Crippen LogP contribution in [0.15, 0.2) is 24.3 Å². The van der Waals surface area contributed by atoms with Gasteiger partial charge < -0.3 is 5.32 Å². The van der Waals surface area contributed by atoms with Crippen molar-refractivity contribution in [3.8, 4) is 0 Å². The Morgan fingerprint density at radius 1 is 1.31 bits per heavy atom. The van der Waals surface area contributed by atoms with E-state index in [0.29, 0.717) is 0 Å². The van der Waals surface area contributed by atoms with Gasteiger partial charge in [0.15, 0.2) is 0 Å². The highest BCUT2D eigenvalue weighted by atomic mass is 32.1. The predicted molar refractivity (Wildman–Crippen MR) is 59.3 cm³/mol. The van der Waals surface area contributed by atoms with Crippen LogP contribution in [0.5, 0.6) is 0 Å². The van der Waals surface area contributed by atoms with Crippen molar-refractivity contribution in [3.63, 3.8) is 0 Å². The van der Waals surface area contributed by atoms with Crippen LogP contribution in [-0.2, 0) is 6.54 Å². The Kier molecular flexibility index (Phi) is 2.34. The Morgan fingerprint density at radius 3 is 2.85 bits per heavy atom. The molecule has 68 valence electrons. The summed E-state index contributed by atoms with van der Waals surface area (Å²) in [5.74, 6) is 0. The van der Waals surface area contributed by atoms with Crippen molar-refractivity contribution in [3.05, 3.63) is 34.7 Å². The van der Waals surface area contributed by atoms with E-state index in [1.807, 2.05) is 18.4 Å². The van der Waals surface area contributed by atoms with Crippen LogP contribution >= 0.6 is 11.3 Å². The quantitative estimate of drug-likeness (QED) is 0.769. The van der Waals surface area contributed by atoms with Crippen molar-refractivity contribution in [1.82, 2.24) is 5.32 Å². The molecule has 1 nitrogen and oxygen atoms in total. The average molecular weight is 191 g/mol. The zero-order valence-corrected chi connectivity index (χ0v) is 8.74. The molecule has 0 aliphatic rings. The lowest BCUT2D eigenvalue weighted by Gasteiger charge is -1.98. The van der Waals surface area contributed by atoms with Crippen LogP contribution in [-0.4, -0.2) is 7.05 Å². The smallest absolute Gasteiger partial charge is 0.0348 e. The summed E-state index contributed by atoms with van der Waals surface area (Å²) in [6, 6.07) is 8.59. The molecule has 13 heavy (non-hydrogen) atoms. The molecule has 0 atom stereocenters. The first-order valence-electron chi connectivity index (χ1n) is 4.44. The van der Waals surface area contributed by atoms with E-state index < -0.39 is 0 Å². The van der Waals surface area contributed by atoms with Crippen molar-refractivity contribution in [2.45, 2.75) is 13.5 Å². The molecule has 0 radical (unpaired) electrons. The van der Waals surface area contributed by atoms with Crippen LogP contribution in [0.2, 0.25) is 0 Å². The Balaban J connectivity index is 2.64. The van der Waals surface area contributed by atoms with Crippen molar-refractivity contribution in [1.29, 1.82) is 0 Å². The van der Waals surface area contributed by atoms with Gasteiger partial charge in [-0.3, -0.25) is 0 Å². The van der Waals surface area contributed by atoms with Gasteiger partial charge in [-0.1, -0.05) is 18.2 Å². The molecular formula is C11H13NS. The summed E-state index contributed by atoms with van der Waals surface area (Å²) in [4.78, 5) is 1.43. The van der Waals surface area contributed by atoms with E-state index in [2.05, 4.69) is 36.5 Å². The number of thiophene rings is 1. The highest BCUT2D eigenvalue weighted by molar-refractivity contribution is 7.19. The van der Waals surface area contributed by atoms with Crippen LogP contribution in [0, 0.1) is 6.92 Å². The summed E-state index contributed by atoms with van der Waals surface area (Å²) in [6.07, 6.45) is 0. The van der Waals surface area contributed by atoms with E-state index in [1.54, 1.807) is 0 Å². The fourth-order valence-corrected chi connectivity index (χ4v) is 2.70. The number of hydrogen-bond donors (Lipinski definition) is 1. The molecule has 1 heterocycles. The molecular weight excluding hydrogens is 178 g/mol. The van der Waals surface area contributed by atoms with Gasteiger partial charge in [0, 0.05) is 16.1 Å². The molecule has 0 saturated heterocycles. The normalized spacial score (nSPS) is 10.9. The first-order chi connectivity index (χ1) is 6.33. The zero-order valence-electron chi connectivity index (χ0n) is 7.92. The molecule has 0 bridgehead atoms. The summed E-state index contributed by atoms with van der Waals surface area (Å²) in [5.41, 5.74) is 1.45. The SMILES string of the molecule is CNCc1c(C)sc2ccccc12. The number of fused-ring (bicyclic) bond motifs is 1. The number of nitrogens with one attached hydrogen (secondary N) is 1. The Bertz CT molecular complexity index is 417. The average Bonchev–Trinajstić information content (AvgIpc) is 2.44. The second-order valence-electron chi connectivity index (χ2n) is 3.16. The van der Waals surface area contributed by atoms with E-state index in [9.17, 15) is 0 Å². The lowest BCUT2D eigenvalue weighted by atomic mass is 10.1. The Labute approximate surface area is 82.4 Å². The first kappa shape index (κ1) is 8.73. The molecule has 2 rings (SSSR count). The minimum atomic E-state index is 0.968. The molecule has 0 saturated carbocycles. The largest absolute Gasteiger partial charge is 0.316 e.